The average molecular weight is 213 g/mol. The van der Waals surface area contributed by atoms with Crippen molar-refractivity contribution in [2.24, 2.45) is 0 Å². The SMILES string of the molecule is CCN(C)C(=O)NCCC(=O)NC1CC1. The number of carbonyl (C=O) groups excluding carboxylic acids is 2. The summed E-state index contributed by atoms with van der Waals surface area (Å²) in [5, 5.41) is 5.55. The van der Waals surface area contributed by atoms with Crippen LogP contribution in [-0.2, 0) is 4.79 Å². The molecular formula is C10H19N3O2. The number of urea groups is 1. The van der Waals surface area contributed by atoms with Crippen molar-refractivity contribution in [3.05, 3.63) is 0 Å². The van der Waals surface area contributed by atoms with E-state index >= 15 is 0 Å². The fourth-order valence-corrected chi connectivity index (χ4v) is 1.09. The Morgan fingerprint density at radius 3 is 2.60 bits per heavy atom. The fraction of sp³-hybridized carbons (Fsp3) is 0.800. The van der Waals surface area contributed by atoms with Crippen LogP contribution in [0.1, 0.15) is 26.2 Å². The van der Waals surface area contributed by atoms with Gasteiger partial charge in [0.25, 0.3) is 0 Å². The zero-order valence-electron chi connectivity index (χ0n) is 9.38. The number of amides is 3. The second-order valence-electron chi connectivity index (χ2n) is 3.84. The molecule has 0 bridgehead atoms. The third-order valence-electron chi connectivity index (χ3n) is 2.39. The van der Waals surface area contributed by atoms with E-state index in [1.807, 2.05) is 6.92 Å². The zero-order valence-corrected chi connectivity index (χ0v) is 9.38. The van der Waals surface area contributed by atoms with Crippen molar-refractivity contribution in [2.45, 2.75) is 32.2 Å². The van der Waals surface area contributed by atoms with Crippen molar-refractivity contribution in [1.82, 2.24) is 15.5 Å². The van der Waals surface area contributed by atoms with E-state index in [0.29, 0.717) is 25.6 Å². The number of nitrogens with one attached hydrogen (secondary N) is 2. The number of carbonyl (C=O) groups is 2. The zero-order chi connectivity index (χ0) is 11.3. The molecule has 0 spiro atoms. The molecule has 1 aliphatic rings. The Kier molecular flexibility index (Phi) is 4.39. The third kappa shape index (κ3) is 4.67. The van der Waals surface area contributed by atoms with E-state index in [0.717, 1.165) is 12.8 Å². The van der Waals surface area contributed by atoms with Crippen molar-refractivity contribution in [2.75, 3.05) is 20.1 Å². The summed E-state index contributed by atoms with van der Waals surface area (Å²) in [6.45, 7) is 2.97. The van der Waals surface area contributed by atoms with E-state index in [-0.39, 0.29) is 11.9 Å². The van der Waals surface area contributed by atoms with Gasteiger partial charge in [0.05, 0.1) is 0 Å². The maximum atomic E-state index is 11.3. The largest absolute Gasteiger partial charge is 0.353 e. The summed E-state index contributed by atoms with van der Waals surface area (Å²) in [6.07, 6.45) is 2.55. The molecule has 0 aromatic carbocycles. The minimum absolute atomic E-state index is 0.0250. The Bertz CT molecular complexity index is 239. The smallest absolute Gasteiger partial charge is 0.317 e. The lowest BCUT2D eigenvalue weighted by Crippen LogP contribution is -2.39. The Balaban J connectivity index is 2.04. The molecule has 0 atom stereocenters. The summed E-state index contributed by atoms with van der Waals surface area (Å²) in [4.78, 5) is 24.1. The van der Waals surface area contributed by atoms with Crippen molar-refractivity contribution in [3.8, 4) is 0 Å². The first-order chi connectivity index (χ1) is 7.13. The monoisotopic (exact) mass is 213 g/mol. The molecule has 0 radical (unpaired) electrons. The standard InChI is InChI=1S/C10H19N3O2/c1-3-13(2)10(15)11-7-6-9(14)12-8-4-5-8/h8H,3-7H2,1-2H3,(H,11,15)(H,12,14). The van der Waals surface area contributed by atoms with Crippen LogP contribution in [0, 0.1) is 0 Å². The number of hydrogen-bond donors (Lipinski definition) is 2. The summed E-state index contributed by atoms with van der Waals surface area (Å²) in [5.74, 6) is 0.0250. The van der Waals surface area contributed by atoms with Crippen molar-refractivity contribution >= 4 is 11.9 Å². The molecule has 3 amide bonds. The molecule has 1 aliphatic carbocycles. The molecule has 0 unspecified atom stereocenters. The maximum absolute atomic E-state index is 11.3. The molecule has 5 heteroatoms. The second-order valence-corrected chi connectivity index (χ2v) is 3.84. The summed E-state index contributed by atoms with van der Waals surface area (Å²) in [5.41, 5.74) is 0. The van der Waals surface area contributed by atoms with E-state index in [1.165, 1.54) is 0 Å². The highest BCUT2D eigenvalue weighted by atomic mass is 16.2. The van der Waals surface area contributed by atoms with Gasteiger partial charge in [-0.1, -0.05) is 0 Å². The Morgan fingerprint density at radius 2 is 2.07 bits per heavy atom. The highest BCUT2D eigenvalue weighted by molar-refractivity contribution is 5.78. The molecule has 0 heterocycles. The molecular weight excluding hydrogens is 194 g/mol. The third-order valence-corrected chi connectivity index (χ3v) is 2.39. The molecule has 86 valence electrons. The lowest BCUT2D eigenvalue weighted by Gasteiger charge is -2.15. The van der Waals surface area contributed by atoms with Crippen LogP contribution in [0.25, 0.3) is 0 Å². The van der Waals surface area contributed by atoms with Gasteiger partial charge in [0.1, 0.15) is 0 Å². The minimum Gasteiger partial charge on any atom is -0.353 e. The number of hydrogen-bond acceptors (Lipinski definition) is 2. The van der Waals surface area contributed by atoms with E-state index < -0.39 is 0 Å². The normalized spacial score (nSPS) is 14.5. The lowest BCUT2D eigenvalue weighted by atomic mass is 10.4. The highest BCUT2D eigenvalue weighted by Gasteiger charge is 2.22. The van der Waals surface area contributed by atoms with Crippen LogP contribution >= 0.6 is 0 Å². The van der Waals surface area contributed by atoms with Gasteiger partial charge in [0.2, 0.25) is 5.91 Å². The quantitative estimate of drug-likeness (QED) is 0.690. The van der Waals surface area contributed by atoms with E-state index in [2.05, 4.69) is 10.6 Å². The summed E-state index contributed by atoms with van der Waals surface area (Å²) >= 11 is 0. The van der Waals surface area contributed by atoms with Crippen LogP contribution in [0.2, 0.25) is 0 Å². The Hall–Kier alpha value is -1.26. The molecule has 0 aromatic rings. The number of rotatable bonds is 5. The molecule has 2 N–H and O–H groups in total. The Labute approximate surface area is 90.2 Å². The summed E-state index contributed by atoms with van der Waals surface area (Å²) < 4.78 is 0. The summed E-state index contributed by atoms with van der Waals surface area (Å²) in [6, 6.07) is 0.267. The van der Waals surface area contributed by atoms with Gasteiger partial charge >= 0.3 is 6.03 Å². The average Bonchev–Trinajstić information content (AvgIpc) is 3.00. The van der Waals surface area contributed by atoms with Crippen LogP contribution in [0.4, 0.5) is 4.79 Å². The van der Waals surface area contributed by atoms with Gasteiger partial charge in [0, 0.05) is 32.6 Å². The van der Waals surface area contributed by atoms with Gasteiger partial charge in [-0.05, 0) is 19.8 Å². The lowest BCUT2D eigenvalue weighted by molar-refractivity contribution is -0.121. The van der Waals surface area contributed by atoms with Crippen LogP contribution in [0.15, 0.2) is 0 Å². The van der Waals surface area contributed by atoms with Crippen LogP contribution in [-0.4, -0.2) is 43.0 Å². The highest BCUT2D eigenvalue weighted by Crippen LogP contribution is 2.18. The van der Waals surface area contributed by atoms with Crippen LogP contribution < -0.4 is 10.6 Å². The van der Waals surface area contributed by atoms with Gasteiger partial charge in [-0.3, -0.25) is 4.79 Å². The van der Waals surface area contributed by atoms with Gasteiger partial charge in [-0.25, -0.2) is 4.79 Å². The first-order valence-electron chi connectivity index (χ1n) is 5.41. The second kappa shape index (κ2) is 5.58. The fourth-order valence-electron chi connectivity index (χ4n) is 1.09. The minimum atomic E-state index is -0.128. The molecule has 5 nitrogen and oxygen atoms in total. The van der Waals surface area contributed by atoms with E-state index in [1.54, 1.807) is 11.9 Å². The van der Waals surface area contributed by atoms with Gasteiger partial charge in [0.15, 0.2) is 0 Å². The first kappa shape index (κ1) is 11.8. The molecule has 0 aliphatic heterocycles. The summed E-state index contributed by atoms with van der Waals surface area (Å²) in [7, 11) is 1.72. The Morgan fingerprint density at radius 1 is 1.40 bits per heavy atom. The molecule has 0 aromatic heterocycles. The van der Waals surface area contributed by atoms with E-state index in [4.69, 9.17) is 0 Å². The topological polar surface area (TPSA) is 61.4 Å². The number of nitrogens with zero attached hydrogens (tertiary/aromatic N) is 1. The van der Waals surface area contributed by atoms with Crippen LogP contribution in [0.3, 0.4) is 0 Å². The van der Waals surface area contributed by atoms with Gasteiger partial charge in [-0.15, -0.1) is 0 Å². The molecule has 1 saturated carbocycles. The first-order valence-corrected chi connectivity index (χ1v) is 5.41. The van der Waals surface area contributed by atoms with Crippen molar-refractivity contribution < 1.29 is 9.59 Å². The van der Waals surface area contributed by atoms with Crippen molar-refractivity contribution in [1.29, 1.82) is 0 Å². The van der Waals surface area contributed by atoms with Crippen molar-refractivity contribution in [3.63, 3.8) is 0 Å². The molecule has 1 rings (SSSR count). The predicted molar refractivity (Wildman–Crippen MR) is 57.5 cm³/mol. The van der Waals surface area contributed by atoms with E-state index in [9.17, 15) is 9.59 Å². The molecule has 0 saturated heterocycles. The molecule has 1 fully saturated rings. The van der Waals surface area contributed by atoms with Crippen LogP contribution in [0.5, 0.6) is 0 Å². The molecule has 15 heavy (non-hydrogen) atoms. The maximum Gasteiger partial charge on any atom is 0.317 e. The van der Waals surface area contributed by atoms with Gasteiger partial charge in [-0.2, -0.15) is 0 Å². The predicted octanol–water partition coefficient (Wildman–Crippen LogP) is 0.316. The van der Waals surface area contributed by atoms with Gasteiger partial charge < -0.3 is 15.5 Å².